The van der Waals surface area contributed by atoms with Gasteiger partial charge in [-0.1, -0.05) is 30.3 Å². The van der Waals surface area contributed by atoms with Gasteiger partial charge in [0.1, 0.15) is 0 Å². The molecule has 0 saturated heterocycles. The second kappa shape index (κ2) is 5.72. The van der Waals surface area contributed by atoms with E-state index in [4.69, 9.17) is 0 Å². The SMILES string of the molecule is Cc1ccc(C(=O)CN2CCCc3ccccc32)cc1C. The third kappa shape index (κ3) is 2.85. The van der Waals surface area contributed by atoms with Crippen LogP contribution in [0, 0.1) is 13.8 Å². The average molecular weight is 279 g/mol. The molecule has 21 heavy (non-hydrogen) atoms. The summed E-state index contributed by atoms with van der Waals surface area (Å²) in [7, 11) is 0. The fraction of sp³-hybridized carbons (Fsp3) is 0.316. The van der Waals surface area contributed by atoms with Gasteiger partial charge in [0.15, 0.2) is 5.78 Å². The Morgan fingerprint density at radius 2 is 1.90 bits per heavy atom. The normalized spacial score (nSPS) is 13.9. The highest BCUT2D eigenvalue weighted by Gasteiger charge is 2.19. The fourth-order valence-corrected chi connectivity index (χ4v) is 2.96. The number of Topliss-reactive ketones (excluding diaryl/α,β-unsaturated/α-hetero) is 1. The van der Waals surface area contributed by atoms with Crippen LogP contribution >= 0.6 is 0 Å². The van der Waals surface area contributed by atoms with E-state index in [2.05, 4.69) is 43.0 Å². The van der Waals surface area contributed by atoms with Crippen LogP contribution in [0.4, 0.5) is 5.69 Å². The van der Waals surface area contributed by atoms with Crippen molar-refractivity contribution in [3.8, 4) is 0 Å². The number of ketones is 1. The Labute approximate surface area is 126 Å². The minimum Gasteiger partial charge on any atom is -0.364 e. The molecule has 2 nitrogen and oxygen atoms in total. The monoisotopic (exact) mass is 279 g/mol. The van der Waals surface area contributed by atoms with Crippen LogP contribution in [-0.4, -0.2) is 18.9 Å². The summed E-state index contributed by atoms with van der Waals surface area (Å²) in [6, 6.07) is 14.4. The van der Waals surface area contributed by atoms with Crippen molar-refractivity contribution in [1.29, 1.82) is 0 Å². The second-order valence-corrected chi connectivity index (χ2v) is 5.88. The number of carbonyl (C=O) groups is 1. The lowest BCUT2D eigenvalue weighted by Crippen LogP contribution is -2.34. The van der Waals surface area contributed by atoms with Gasteiger partial charge in [-0.2, -0.15) is 0 Å². The lowest BCUT2D eigenvalue weighted by atomic mass is 10.00. The first-order valence-electron chi connectivity index (χ1n) is 7.58. The molecule has 108 valence electrons. The van der Waals surface area contributed by atoms with Crippen LogP contribution in [0.25, 0.3) is 0 Å². The lowest BCUT2D eigenvalue weighted by Gasteiger charge is -2.30. The van der Waals surface area contributed by atoms with Crippen LogP contribution in [0.3, 0.4) is 0 Å². The molecule has 2 heteroatoms. The standard InChI is InChI=1S/C19H21NO/c1-14-9-10-17(12-15(14)2)19(21)13-20-11-5-7-16-6-3-4-8-18(16)20/h3-4,6,8-10,12H,5,7,11,13H2,1-2H3. The van der Waals surface area contributed by atoms with Crippen molar-refractivity contribution < 1.29 is 4.79 Å². The van der Waals surface area contributed by atoms with Gasteiger partial charge >= 0.3 is 0 Å². The molecular formula is C19H21NO. The maximum atomic E-state index is 12.5. The Bertz CT molecular complexity index is 675. The van der Waals surface area contributed by atoms with Gasteiger partial charge in [-0.3, -0.25) is 4.79 Å². The van der Waals surface area contributed by atoms with E-state index in [-0.39, 0.29) is 5.78 Å². The summed E-state index contributed by atoms with van der Waals surface area (Å²) < 4.78 is 0. The number of anilines is 1. The molecule has 1 aliphatic heterocycles. The second-order valence-electron chi connectivity index (χ2n) is 5.88. The quantitative estimate of drug-likeness (QED) is 0.793. The number of fused-ring (bicyclic) bond motifs is 1. The molecule has 0 amide bonds. The third-order valence-corrected chi connectivity index (χ3v) is 4.37. The van der Waals surface area contributed by atoms with Gasteiger partial charge in [0, 0.05) is 17.8 Å². The maximum Gasteiger partial charge on any atom is 0.182 e. The molecule has 0 aliphatic carbocycles. The average Bonchev–Trinajstić information content (AvgIpc) is 2.50. The van der Waals surface area contributed by atoms with Crippen molar-refractivity contribution in [1.82, 2.24) is 0 Å². The minimum atomic E-state index is 0.204. The zero-order chi connectivity index (χ0) is 14.8. The summed E-state index contributed by atoms with van der Waals surface area (Å²) in [6.07, 6.45) is 2.24. The molecular weight excluding hydrogens is 258 g/mol. The Balaban J connectivity index is 1.81. The molecule has 0 unspecified atom stereocenters. The van der Waals surface area contributed by atoms with Crippen molar-refractivity contribution in [2.24, 2.45) is 0 Å². The summed E-state index contributed by atoms with van der Waals surface area (Å²) in [6.45, 7) is 5.57. The molecule has 0 aromatic heterocycles. The Morgan fingerprint density at radius 3 is 2.71 bits per heavy atom. The first kappa shape index (κ1) is 13.9. The van der Waals surface area contributed by atoms with Gasteiger partial charge in [-0.05, 0) is 55.5 Å². The van der Waals surface area contributed by atoms with Crippen molar-refractivity contribution in [3.63, 3.8) is 0 Å². The number of rotatable bonds is 3. The van der Waals surface area contributed by atoms with Gasteiger partial charge in [0.25, 0.3) is 0 Å². The van der Waals surface area contributed by atoms with E-state index in [1.54, 1.807) is 0 Å². The number of benzene rings is 2. The summed E-state index contributed by atoms with van der Waals surface area (Å²) >= 11 is 0. The topological polar surface area (TPSA) is 20.3 Å². The van der Waals surface area contributed by atoms with Crippen LogP contribution in [0.1, 0.15) is 33.5 Å². The van der Waals surface area contributed by atoms with Crippen molar-refractivity contribution in [2.75, 3.05) is 18.0 Å². The molecule has 0 fully saturated rings. The molecule has 0 radical (unpaired) electrons. The number of para-hydroxylation sites is 1. The molecule has 1 heterocycles. The van der Waals surface area contributed by atoms with E-state index in [1.807, 2.05) is 18.2 Å². The zero-order valence-corrected chi connectivity index (χ0v) is 12.7. The lowest BCUT2D eigenvalue weighted by molar-refractivity contribution is 0.0998. The van der Waals surface area contributed by atoms with Crippen LogP contribution < -0.4 is 4.90 Å². The van der Waals surface area contributed by atoms with E-state index >= 15 is 0 Å². The first-order valence-corrected chi connectivity index (χ1v) is 7.58. The number of carbonyl (C=O) groups excluding carboxylic acids is 1. The van der Waals surface area contributed by atoms with Crippen molar-refractivity contribution in [3.05, 3.63) is 64.7 Å². The van der Waals surface area contributed by atoms with Gasteiger partial charge < -0.3 is 4.90 Å². The Kier molecular flexibility index (Phi) is 3.78. The van der Waals surface area contributed by atoms with Crippen molar-refractivity contribution in [2.45, 2.75) is 26.7 Å². The van der Waals surface area contributed by atoms with Crippen LogP contribution in [0.15, 0.2) is 42.5 Å². The van der Waals surface area contributed by atoms with Crippen molar-refractivity contribution >= 4 is 11.5 Å². The smallest absolute Gasteiger partial charge is 0.182 e. The highest BCUT2D eigenvalue weighted by Crippen LogP contribution is 2.26. The van der Waals surface area contributed by atoms with E-state index < -0.39 is 0 Å². The summed E-state index contributed by atoms with van der Waals surface area (Å²) in [4.78, 5) is 14.8. The Hall–Kier alpha value is -2.09. The largest absolute Gasteiger partial charge is 0.364 e. The number of nitrogens with zero attached hydrogens (tertiary/aromatic N) is 1. The zero-order valence-electron chi connectivity index (χ0n) is 12.7. The van der Waals surface area contributed by atoms with Crippen LogP contribution in [0.2, 0.25) is 0 Å². The summed E-state index contributed by atoms with van der Waals surface area (Å²) in [5, 5.41) is 0. The molecule has 0 spiro atoms. The maximum absolute atomic E-state index is 12.5. The van der Waals surface area contributed by atoms with E-state index in [0.29, 0.717) is 6.54 Å². The highest BCUT2D eigenvalue weighted by molar-refractivity contribution is 5.99. The molecule has 0 atom stereocenters. The van der Waals surface area contributed by atoms with Gasteiger partial charge in [-0.25, -0.2) is 0 Å². The predicted molar refractivity (Wildman–Crippen MR) is 87.2 cm³/mol. The van der Waals surface area contributed by atoms with E-state index in [0.717, 1.165) is 24.9 Å². The summed E-state index contributed by atoms with van der Waals surface area (Å²) in [5.41, 5.74) is 5.81. The molecule has 0 N–H and O–H groups in total. The molecule has 0 saturated carbocycles. The van der Waals surface area contributed by atoms with E-state index in [9.17, 15) is 4.79 Å². The summed E-state index contributed by atoms with van der Waals surface area (Å²) in [5.74, 6) is 0.204. The third-order valence-electron chi connectivity index (χ3n) is 4.37. The molecule has 2 aromatic rings. The Morgan fingerprint density at radius 1 is 1.10 bits per heavy atom. The number of aryl methyl sites for hydroxylation is 3. The fourth-order valence-electron chi connectivity index (χ4n) is 2.96. The van der Waals surface area contributed by atoms with Gasteiger partial charge in [0.2, 0.25) is 0 Å². The minimum absolute atomic E-state index is 0.204. The van der Waals surface area contributed by atoms with Crippen LogP contribution in [-0.2, 0) is 6.42 Å². The predicted octanol–water partition coefficient (Wildman–Crippen LogP) is 3.94. The van der Waals surface area contributed by atoms with E-state index in [1.165, 1.54) is 22.4 Å². The highest BCUT2D eigenvalue weighted by atomic mass is 16.1. The van der Waals surface area contributed by atoms with Gasteiger partial charge in [-0.15, -0.1) is 0 Å². The molecule has 3 rings (SSSR count). The number of hydrogen-bond donors (Lipinski definition) is 0. The molecule has 1 aliphatic rings. The molecule has 0 bridgehead atoms. The molecule has 2 aromatic carbocycles. The van der Waals surface area contributed by atoms with Crippen LogP contribution in [0.5, 0.6) is 0 Å². The number of hydrogen-bond acceptors (Lipinski definition) is 2. The first-order chi connectivity index (χ1) is 10.1. The van der Waals surface area contributed by atoms with Gasteiger partial charge in [0.05, 0.1) is 6.54 Å².